The molecule has 1 aromatic carbocycles. The van der Waals surface area contributed by atoms with Gasteiger partial charge in [0.1, 0.15) is 5.69 Å². The molecule has 1 amide bonds. The SMILES string of the molecule is C#CCCC1(CCNC(=O)c2cc(NCc3ccccc3)ccn2)N=N1. The van der Waals surface area contributed by atoms with Crippen molar-refractivity contribution >= 4 is 11.6 Å². The van der Waals surface area contributed by atoms with E-state index < -0.39 is 0 Å². The van der Waals surface area contributed by atoms with Gasteiger partial charge in [-0.3, -0.25) is 9.78 Å². The highest BCUT2D eigenvalue weighted by atomic mass is 16.1. The Morgan fingerprint density at radius 2 is 1.96 bits per heavy atom. The van der Waals surface area contributed by atoms with E-state index in [1.165, 1.54) is 5.56 Å². The van der Waals surface area contributed by atoms with Gasteiger partial charge in [0.15, 0.2) is 5.66 Å². The number of amides is 1. The molecule has 0 fully saturated rings. The molecule has 0 radical (unpaired) electrons. The number of carbonyl (C=O) groups excluding carboxylic acids is 1. The predicted molar refractivity (Wildman–Crippen MR) is 101 cm³/mol. The molecular formula is C20H21N5O. The zero-order chi connectivity index (χ0) is 18.2. The number of nitrogens with zero attached hydrogens (tertiary/aromatic N) is 3. The second kappa shape index (κ2) is 8.26. The van der Waals surface area contributed by atoms with Gasteiger partial charge in [-0.05, 0) is 17.7 Å². The first-order chi connectivity index (χ1) is 12.7. The van der Waals surface area contributed by atoms with E-state index in [1.54, 1.807) is 12.3 Å². The lowest BCUT2D eigenvalue weighted by Crippen LogP contribution is -2.29. The number of terminal acetylenes is 1. The summed E-state index contributed by atoms with van der Waals surface area (Å²) in [5.41, 5.74) is 2.02. The molecular weight excluding hydrogens is 326 g/mol. The fourth-order valence-electron chi connectivity index (χ4n) is 2.60. The molecule has 6 nitrogen and oxygen atoms in total. The van der Waals surface area contributed by atoms with Crippen molar-refractivity contribution in [1.82, 2.24) is 10.3 Å². The van der Waals surface area contributed by atoms with Gasteiger partial charge < -0.3 is 10.6 Å². The molecule has 132 valence electrons. The van der Waals surface area contributed by atoms with Crippen molar-refractivity contribution in [3.8, 4) is 12.3 Å². The minimum atomic E-state index is -0.383. The number of hydrogen-bond acceptors (Lipinski definition) is 5. The Morgan fingerprint density at radius 1 is 1.15 bits per heavy atom. The molecule has 0 saturated heterocycles. The number of pyridine rings is 1. The minimum Gasteiger partial charge on any atom is -0.381 e. The van der Waals surface area contributed by atoms with Gasteiger partial charge in [-0.2, -0.15) is 10.2 Å². The van der Waals surface area contributed by atoms with Crippen molar-refractivity contribution in [3.63, 3.8) is 0 Å². The van der Waals surface area contributed by atoms with Crippen LogP contribution in [0.15, 0.2) is 58.9 Å². The van der Waals surface area contributed by atoms with Crippen LogP contribution in [0, 0.1) is 12.3 Å². The van der Waals surface area contributed by atoms with Crippen LogP contribution in [0.2, 0.25) is 0 Å². The van der Waals surface area contributed by atoms with E-state index in [1.807, 2.05) is 36.4 Å². The molecule has 0 spiro atoms. The highest BCUT2D eigenvalue weighted by molar-refractivity contribution is 5.93. The largest absolute Gasteiger partial charge is 0.381 e. The van der Waals surface area contributed by atoms with Crippen molar-refractivity contribution in [2.75, 3.05) is 11.9 Å². The lowest BCUT2D eigenvalue weighted by Gasteiger charge is -2.10. The maximum Gasteiger partial charge on any atom is 0.269 e. The third-order valence-electron chi connectivity index (χ3n) is 4.20. The highest BCUT2D eigenvalue weighted by Gasteiger charge is 2.38. The maximum absolute atomic E-state index is 12.3. The van der Waals surface area contributed by atoms with Crippen LogP contribution in [0.3, 0.4) is 0 Å². The van der Waals surface area contributed by atoms with Crippen LogP contribution < -0.4 is 10.6 Å². The van der Waals surface area contributed by atoms with Crippen molar-refractivity contribution in [1.29, 1.82) is 0 Å². The summed E-state index contributed by atoms with van der Waals surface area (Å²) in [5, 5.41) is 14.3. The van der Waals surface area contributed by atoms with Crippen LogP contribution in [-0.2, 0) is 6.54 Å². The lowest BCUT2D eigenvalue weighted by atomic mass is 10.0. The molecule has 0 atom stereocenters. The summed E-state index contributed by atoms with van der Waals surface area (Å²) < 4.78 is 0. The van der Waals surface area contributed by atoms with Crippen LogP contribution in [0.5, 0.6) is 0 Å². The number of rotatable bonds is 9. The van der Waals surface area contributed by atoms with Gasteiger partial charge in [0, 0.05) is 44.2 Å². The normalized spacial score (nSPS) is 13.7. The van der Waals surface area contributed by atoms with Crippen molar-refractivity contribution < 1.29 is 4.79 Å². The second-order valence-electron chi connectivity index (χ2n) is 6.16. The fraction of sp³-hybridized carbons (Fsp3) is 0.300. The number of carbonyl (C=O) groups is 1. The van der Waals surface area contributed by atoms with Crippen LogP contribution in [-0.4, -0.2) is 23.1 Å². The third-order valence-corrected chi connectivity index (χ3v) is 4.20. The van der Waals surface area contributed by atoms with E-state index in [0.29, 0.717) is 31.6 Å². The quantitative estimate of drug-likeness (QED) is 0.683. The summed E-state index contributed by atoms with van der Waals surface area (Å²) in [4.78, 5) is 16.4. The minimum absolute atomic E-state index is 0.207. The summed E-state index contributed by atoms with van der Waals surface area (Å²) in [7, 11) is 0. The topological polar surface area (TPSA) is 78.7 Å². The van der Waals surface area contributed by atoms with Crippen molar-refractivity contribution in [2.45, 2.75) is 31.5 Å². The van der Waals surface area contributed by atoms with Gasteiger partial charge in [-0.25, -0.2) is 0 Å². The number of anilines is 1. The molecule has 3 rings (SSSR count). The molecule has 0 bridgehead atoms. The van der Waals surface area contributed by atoms with E-state index in [4.69, 9.17) is 6.42 Å². The Morgan fingerprint density at radius 3 is 2.69 bits per heavy atom. The average Bonchev–Trinajstić information content (AvgIpc) is 3.46. The summed E-state index contributed by atoms with van der Waals surface area (Å²) in [5.74, 6) is 2.39. The summed E-state index contributed by atoms with van der Waals surface area (Å²) in [6.07, 6.45) is 8.93. The number of benzene rings is 1. The van der Waals surface area contributed by atoms with E-state index in [-0.39, 0.29) is 11.6 Å². The third kappa shape index (κ3) is 4.90. The Balaban J connectivity index is 1.48. The van der Waals surface area contributed by atoms with Gasteiger partial charge in [0.05, 0.1) is 0 Å². The molecule has 0 aliphatic carbocycles. The zero-order valence-electron chi connectivity index (χ0n) is 14.5. The maximum atomic E-state index is 12.3. The van der Waals surface area contributed by atoms with E-state index in [0.717, 1.165) is 12.1 Å². The Bertz CT molecular complexity index is 820. The predicted octanol–water partition coefficient (Wildman–Crippen LogP) is 3.39. The van der Waals surface area contributed by atoms with Gasteiger partial charge in [0.2, 0.25) is 0 Å². The molecule has 6 heteroatoms. The Labute approximate surface area is 153 Å². The van der Waals surface area contributed by atoms with Gasteiger partial charge in [-0.1, -0.05) is 30.3 Å². The molecule has 1 aliphatic heterocycles. The molecule has 1 aromatic heterocycles. The Kier molecular flexibility index (Phi) is 5.59. The van der Waals surface area contributed by atoms with Crippen molar-refractivity contribution in [2.24, 2.45) is 10.2 Å². The standard InChI is InChI=1S/C20H21N5O/c1-2-3-10-20(24-25-20)11-13-22-19(26)18-14-17(9-12-21-18)23-15-16-7-5-4-6-8-16/h1,4-9,12,14H,3,10-11,13,15H2,(H,21,23)(H,22,26). The average molecular weight is 347 g/mol. The summed E-state index contributed by atoms with van der Waals surface area (Å²) in [6.45, 7) is 1.17. The molecule has 26 heavy (non-hydrogen) atoms. The second-order valence-corrected chi connectivity index (χ2v) is 6.16. The molecule has 1 aliphatic rings. The first-order valence-electron chi connectivity index (χ1n) is 8.60. The Hall–Kier alpha value is -3.20. The molecule has 0 saturated carbocycles. The van der Waals surface area contributed by atoms with Crippen LogP contribution in [0.4, 0.5) is 5.69 Å². The monoisotopic (exact) mass is 347 g/mol. The van der Waals surface area contributed by atoms with E-state index in [9.17, 15) is 4.79 Å². The van der Waals surface area contributed by atoms with Crippen LogP contribution in [0.1, 0.15) is 35.3 Å². The van der Waals surface area contributed by atoms with Crippen LogP contribution >= 0.6 is 0 Å². The smallest absolute Gasteiger partial charge is 0.269 e. The van der Waals surface area contributed by atoms with Crippen molar-refractivity contribution in [3.05, 3.63) is 59.9 Å². The first kappa shape index (κ1) is 17.6. The summed E-state index contributed by atoms with van der Waals surface area (Å²) >= 11 is 0. The molecule has 0 unspecified atom stereocenters. The molecule has 2 heterocycles. The fourth-order valence-corrected chi connectivity index (χ4v) is 2.60. The number of aromatic nitrogens is 1. The number of hydrogen-bond donors (Lipinski definition) is 2. The number of nitrogens with one attached hydrogen (secondary N) is 2. The first-order valence-corrected chi connectivity index (χ1v) is 8.60. The van der Waals surface area contributed by atoms with E-state index >= 15 is 0 Å². The van der Waals surface area contributed by atoms with Gasteiger partial charge >= 0.3 is 0 Å². The van der Waals surface area contributed by atoms with Gasteiger partial charge in [-0.15, -0.1) is 12.3 Å². The van der Waals surface area contributed by atoms with Crippen LogP contribution in [0.25, 0.3) is 0 Å². The highest BCUT2D eigenvalue weighted by Crippen LogP contribution is 2.36. The molecule has 2 aromatic rings. The molecule has 2 N–H and O–H groups in total. The summed E-state index contributed by atoms with van der Waals surface area (Å²) in [6, 6.07) is 13.7. The van der Waals surface area contributed by atoms with Gasteiger partial charge in [0.25, 0.3) is 5.91 Å². The van der Waals surface area contributed by atoms with E-state index in [2.05, 4.69) is 31.8 Å². The zero-order valence-corrected chi connectivity index (χ0v) is 14.5. The lowest BCUT2D eigenvalue weighted by molar-refractivity contribution is 0.0947.